The molecule has 28 heavy (non-hydrogen) atoms. The summed E-state index contributed by atoms with van der Waals surface area (Å²) in [6.45, 7) is 8.17. The molecule has 1 aromatic rings. The number of guanidine groups is 1. The van der Waals surface area contributed by atoms with Crippen LogP contribution in [0.4, 0.5) is 0 Å². The summed E-state index contributed by atoms with van der Waals surface area (Å²) in [7, 11) is 5.41. The standard InChI is InChI=1S/C21H35N3O3.HI/c1-6-22-20(23-16-21(10-11-21)12-13-27-7-2)24(3)15-17-8-9-18(25-4)14-19(17)26-5;/h8-9,14H,6-7,10-13,15-16H2,1-5H3,(H,22,23);1H. The van der Waals surface area contributed by atoms with Gasteiger partial charge in [-0.15, -0.1) is 24.0 Å². The van der Waals surface area contributed by atoms with Crippen LogP contribution in [-0.4, -0.2) is 58.4 Å². The molecule has 0 aromatic heterocycles. The highest BCUT2D eigenvalue weighted by atomic mass is 127. The van der Waals surface area contributed by atoms with E-state index >= 15 is 0 Å². The van der Waals surface area contributed by atoms with Crippen molar-refractivity contribution >= 4 is 29.9 Å². The third-order valence-corrected chi connectivity index (χ3v) is 5.10. The van der Waals surface area contributed by atoms with Crippen LogP contribution in [0.25, 0.3) is 0 Å². The lowest BCUT2D eigenvalue weighted by atomic mass is 10.0. The van der Waals surface area contributed by atoms with E-state index in [1.807, 2.05) is 25.1 Å². The van der Waals surface area contributed by atoms with Crippen LogP contribution in [0.15, 0.2) is 23.2 Å². The minimum absolute atomic E-state index is 0. The van der Waals surface area contributed by atoms with Gasteiger partial charge in [0.15, 0.2) is 5.96 Å². The molecular weight excluding hydrogens is 469 g/mol. The Balaban J connectivity index is 0.00000392. The molecule has 6 nitrogen and oxygen atoms in total. The highest BCUT2D eigenvalue weighted by molar-refractivity contribution is 14.0. The Labute approximate surface area is 187 Å². The Morgan fingerprint density at radius 1 is 1.21 bits per heavy atom. The van der Waals surface area contributed by atoms with Gasteiger partial charge in [-0.05, 0) is 50.7 Å². The molecule has 160 valence electrons. The van der Waals surface area contributed by atoms with Crippen molar-refractivity contribution in [2.75, 3.05) is 47.6 Å². The summed E-state index contributed by atoms with van der Waals surface area (Å²) < 4.78 is 16.3. The van der Waals surface area contributed by atoms with E-state index in [4.69, 9.17) is 19.2 Å². The molecule has 1 N–H and O–H groups in total. The van der Waals surface area contributed by atoms with Gasteiger partial charge >= 0.3 is 0 Å². The largest absolute Gasteiger partial charge is 0.497 e. The summed E-state index contributed by atoms with van der Waals surface area (Å²) in [5.41, 5.74) is 1.44. The fourth-order valence-corrected chi connectivity index (χ4v) is 3.12. The lowest BCUT2D eigenvalue weighted by molar-refractivity contribution is 0.129. The molecule has 1 aliphatic carbocycles. The molecule has 0 aliphatic heterocycles. The van der Waals surface area contributed by atoms with Crippen LogP contribution in [-0.2, 0) is 11.3 Å². The van der Waals surface area contributed by atoms with E-state index in [-0.39, 0.29) is 24.0 Å². The Kier molecular flexibility index (Phi) is 11.0. The van der Waals surface area contributed by atoms with Crippen molar-refractivity contribution < 1.29 is 14.2 Å². The number of methoxy groups -OCH3 is 2. The molecule has 2 rings (SSSR count). The average Bonchev–Trinajstić information content (AvgIpc) is 3.45. The normalized spacial score (nSPS) is 14.8. The Bertz CT molecular complexity index is 621. The molecule has 1 aliphatic rings. The number of hydrogen-bond acceptors (Lipinski definition) is 4. The van der Waals surface area contributed by atoms with Crippen LogP contribution in [0, 0.1) is 5.41 Å². The van der Waals surface area contributed by atoms with Crippen LogP contribution >= 0.6 is 24.0 Å². The van der Waals surface area contributed by atoms with Crippen LogP contribution < -0.4 is 14.8 Å². The van der Waals surface area contributed by atoms with Gasteiger partial charge in [0, 0.05) is 51.5 Å². The summed E-state index contributed by atoms with van der Waals surface area (Å²) in [4.78, 5) is 7.07. The molecule has 0 atom stereocenters. The summed E-state index contributed by atoms with van der Waals surface area (Å²) in [5, 5.41) is 3.41. The first-order chi connectivity index (χ1) is 13.1. The van der Waals surface area contributed by atoms with Gasteiger partial charge in [-0.2, -0.15) is 0 Å². The van der Waals surface area contributed by atoms with Crippen molar-refractivity contribution in [1.82, 2.24) is 10.2 Å². The molecule has 0 amide bonds. The first kappa shape index (κ1) is 24.8. The quantitative estimate of drug-likeness (QED) is 0.214. The average molecular weight is 505 g/mol. The molecule has 0 spiro atoms. The van der Waals surface area contributed by atoms with E-state index in [0.29, 0.717) is 12.0 Å². The third kappa shape index (κ3) is 7.31. The smallest absolute Gasteiger partial charge is 0.193 e. The molecule has 1 saturated carbocycles. The van der Waals surface area contributed by atoms with Gasteiger partial charge in [-0.25, -0.2) is 0 Å². The van der Waals surface area contributed by atoms with E-state index in [0.717, 1.165) is 55.7 Å². The molecule has 0 heterocycles. The maximum Gasteiger partial charge on any atom is 0.193 e. The molecule has 7 heteroatoms. The fourth-order valence-electron chi connectivity index (χ4n) is 3.12. The van der Waals surface area contributed by atoms with Gasteiger partial charge in [-0.3, -0.25) is 4.99 Å². The number of ether oxygens (including phenoxy) is 3. The van der Waals surface area contributed by atoms with Crippen molar-refractivity contribution in [3.8, 4) is 11.5 Å². The lowest BCUT2D eigenvalue weighted by Gasteiger charge is -2.24. The predicted molar refractivity (Wildman–Crippen MR) is 125 cm³/mol. The maximum atomic E-state index is 5.54. The number of nitrogens with zero attached hydrogens (tertiary/aromatic N) is 2. The van der Waals surface area contributed by atoms with Crippen LogP contribution in [0.5, 0.6) is 11.5 Å². The minimum atomic E-state index is 0. The molecule has 1 fully saturated rings. The topological polar surface area (TPSA) is 55.3 Å². The Morgan fingerprint density at radius 3 is 2.54 bits per heavy atom. The minimum Gasteiger partial charge on any atom is -0.497 e. The van der Waals surface area contributed by atoms with E-state index in [1.165, 1.54) is 12.8 Å². The van der Waals surface area contributed by atoms with Crippen LogP contribution in [0.2, 0.25) is 0 Å². The van der Waals surface area contributed by atoms with Crippen molar-refractivity contribution in [2.24, 2.45) is 10.4 Å². The van der Waals surface area contributed by atoms with Gasteiger partial charge in [0.2, 0.25) is 0 Å². The summed E-state index contributed by atoms with van der Waals surface area (Å²) in [5.74, 6) is 2.55. The van der Waals surface area contributed by atoms with Gasteiger partial charge in [0.05, 0.1) is 14.2 Å². The van der Waals surface area contributed by atoms with Crippen molar-refractivity contribution in [2.45, 2.75) is 39.7 Å². The number of benzene rings is 1. The number of hydrogen-bond donors (Lipinski definition) is 1. The third-order valence-electron chi connectivity index (χ3n) is 5.10. The molecule has 0 saturated heterocycles. The lowest BCUT2D eigenvalue weighted by Crippen LogP contribution is -2.39. The highest BCUT2D eigenvalue weighted by Gasteiger charge is 2.42. The van der Waals surface area contributed by atoms with Crippen molar-refractivity contribution in [3.63, 3.8) is 0 Å². The van der Waals surface area contributed by atoms with E-state index in [9.17, 15) is 0 Å². The number of nitrogens with one attached hydrogen (secondary N) is 1. The second-order valence-electron chi connectivity index (χ2n) is 7.15. The van der Waals surface area contributed by atoms with Gasteiger partial charge in [0.25, 0.3) is 0 Å². The highest BCUT2D eigenvalue weighted by Crippen LogP contribution is 2.49. The predicted octanol–water partition coefficient (Wildman–Crippen LogP) is 3.93. The number of aliphatic imine (C=N–C) groups is 1. The first-order valence-corrected chi connectivity index (χ1v) is 9.85. The SMILES string of the molecule is CCNC(=NCC1(CCOCC)CC1)N(C)Cc1ccc(OC)cc1OC.I. The molecule has 1 aromatic carbocycles. The Morgan fingerprint density at radius 2 is 1.96 bits per heavy atom. The zero-order valence-electron chi connectivity index (χ0n) is 17.9. The van der Waals surface area contributed by atoms with Gasteiger partial charge in [0.1, 0.15) is 11.5 Å². The molecule has 0 unspecified atom stereocenters. The summed E-state index contributed by atoms with van der Waals surface area (Å²) in [6, 6.07) is 5.92. The first-order valence-electron chi connectivity index (χ1n) is 9.85. The van der Waals surface area contributed by atoms with E-state index in [1.54, 1.807) is 14.2 Å². The molecular formula is C21H36IN3O3. The van der Waals surface area contributed by atoms with Gasteiger partial charge in [-0.1, -0.05) is 0 Å². The van der Waals surface area contributed by atoms with Crippen LogP contribution in [0.3, 0.4) is 0 Å². The maximum absolute atomic E-state index is 5.54. The number of halogens is 1. The monoisotopic (exact) mass is 505 g/mol. The number of rotatable bonds is 11. The summed E-state index contributed by atoms with van der Waals surface area (Å²) >= 11 is 0. The molecule has 0 radical (unpaired) electrons. The summed E-state index contributed by atoms with van der Waals surface area (Å²) in [6.07, 6.45) is 3.59. The Hall–Kier alpha value is -1.22. The van der Waals surface area contributed by atoms with E-state index in [2.05, 4.69) is 24.2 Å². The second-order valence-corrected chi connectivity index (χ2v) is 7.15. The zero-order valence-corrected chi connectivity index (χ0v) is 20.2. The van der Waals surface area contributed by atoms with Gasteiger partial charge < -0.3 is 24.4 Å². The second kappa shape index (κ2) is 12.4. The van der Waals surface area contributed by atoms with E-state index < -0.39 is 0 Å². The zero-order chi connectivity index (χ0) is 19.7. The fraction of sp³-hybridized carbons (Fsp3) is 0.667. The van der Waals surface area contributed by atoms with Crippen LogP contribution in [0.1, 0.15) is 38.7 Å². The van der Waals surface area contributed by atoms with Crippen molar-refractivity contribution in [3.05, 3.63) is 23.8 Å². The molecule has 0 bridgehead atoms. The van der Waals surface area contributed by atoms with Crippen molar-refractivity contribution in [1.29, 1.82) is 0 Å².